The van der Waals surface area contributed by atoms with Gasteiger partial charge in [0.1, 0.15) is 0 Å². The van der Waals surface area contributed by atoms with Crippen LogP contribution in [0.3, 0.4) is 0 Å². The van der Waals surface area contributed by atoms with E-state index in [0.29, 0.717) is 28.7 Å². The van der Waals surface area contributed by atoms with Gasteiger partial charge in [-0.05, 0) is 43.7 Å². The van der Waals surface area contributed by atoms with Gasteiger partial charge < -0.3 is 4.57 Å². The monoisotopic (exact) mass is 414 g/mol. The van der Waals surface area contributed by atoms with E-state index in [9.17, 15) is 8.42 Å². The van der Waals surface area contributed by atoms with Gasteiger partial charge in [-0.25, -0.2) is 13.1 Å². The summed E-state index contributed by atoms with van der Waals surface area (Å²) in [7, 11) is -1.06. The van der Waals surface area contributed by atoms with Crippen molar-refractivity contribution in [2.45, 2.75) is 32.5 Å². The summed E-state index contributed by atoms with van der Waals surface area (Å²) in [6.45, 7) is 3.37. The summed E-state index contributed by atoms with van der Waals surface area (Å²) in [5.41, 5.74) is 0.826. The Hall–Kier alpha value is -1.22. The van der Waals surface area contributed by atoms with E-state index in [1.54, 1.807) is 4.68 Å². The van der Waals surface area contributed by atoms with Crippen molar-refractivity contribution in [3.8, 4) is 11.4 Å². The molecule has 6 nitrogen and oxygen atoms in total. The Morgan fingerprint density at radius 2 is 2.12 bits per heavy atom. The zero-order chi connectivity index (χ0) is 18.9. The van der Waals surface area contributed by atoms with Crippen LogP contribution in [0.25, 0.3) is 11.4 Å². The van der Waals surface area contributed by atoms with Gasteiger partial charge in [0.2, 0.25) is 0 Å². The molecule has 26 heavy (non-hydrogen) atoms. The van der Waals surface area contributed by atoms with Crippen molar-refractivity contribution in [3.63, 3.8) is 0 Å². The van der Waals surface area contributed by atoms with Crippen LogP contribution >= 0.6 is 23.8 Å². The lowest BCUT2D eigenvalue weighted by atomic mass is 10.2. The zero-order valence-corrected chi connectivity index (χ0v) is 17.3. The summed E-state index contributed by atoms with van der Waals surface area (Å²) < 4.78 is 27.9. The van der Waals surface area contributed by atoms with E-state index in [0.717, 1.165) is 18.5 Å². The molecule has 0 saturated carbocycles. The topological polar surface area (TPSA) is 60.1 Å². The number of halogens is 1. The second kappa shape index (κ2) is 7.80. The lowest BCUT2D eigenvalue weighted by Gasteiger charge is -2.27. The number of benzene rings is 1. The molecule has 0 bridgehead atoms. The smallest absolute Gasteiger partial charge is 0.199 e. The molecule has 2 aromatic rings. The van der Waals surface area contributed by atoms with Crippen molar-refractivity contribution < 1.29 is 8.42 Å². The molecular weight excluding hydrogens is 392 g/mol. The van der Waals surface area contributed by atoms with Crippen LogP contribution in [-0.4, -0.2) is 51.8 Å². The summed E-state index contributed by atoms with van der Waals surface area (Å²) in [4.78, 5) is 2.17. The molecule has 0 N–H and O–H groups in total. The minimum Gasteiger partial charge on any atom is -0.303 e. The molecule has 0 spiro atoms. The van der Waals surface area contributed by atoms with Crippen LogP contribution in [0, 0.1) is 4.77 Å². The molecule has 1 aromatic carbocycles. The fraction of sp³-hybridized carbons (Fsp3) is 0.529. The van der Waals surface area contributed by atoms with E-state index in [-0.39, 0.29) is 17.5 Å². The molecule has 3 rings (SSSR count). The molecule has 1 unspecified atom stereocenters. The average molecular weight is 415 g/mol. The predicted molar refractivity (Wildman–Crippen MR) is 107 cm³/mol. The van der Waals surface area contributed by atoms with E-state index in [2.05, 4.69) is 16.9 Å². The van der Waals surface area contributed by atoms with Gasteiger partial charge in [0.25, 0.3) is 0 Å². The molecule has 2 heterocycles. The minimum atomic E-state index is -2.93. The summed E-state index contributed by atoms with van der Waals surface area (Å²) in [6.07, 6.45) is 1.61. The number of hydrogen-bond acceptors (Lipinski definition) is 5. The van der Waals surface area contributed by atoms with Crippen molar-refractivity contribution in [2.75, 3.05) is 18.1 Å². The maximum Gasteiger partial charge on any atom is 0.199 e. The molecular formula is C17H23ClN4O2S2. The quantitative estimate of drug-likeness (QED) is 0.679. The summed E-state index contributed by atoms with van der Waals surface area (Å²) in [6, 6.07) is 7.55. The molecule has 1 saturated heterocycles. The molecule has 0 amide bonds. The molecule has 1 aromatic heterocycles. The van der Waals surface area contributed by atoms with Crippen molar-refractivity contribution in [1.29, 1.82) is 0 Å². The first-order valence-corrected chi connectivity index (χ1v) is 11.3. The Bertz CT molecular complexity index is 952. The van der Waals surface area contributed by atoms with E-state index >= 15 is 0 Å². The molecule has 1 aliphatic heterocycles. The molecule has 1 atom stereocenters. The van der Waals surface area contributed by atoms with E-state index in [1.807, 2.05) is 35.9 Å². The Morgan fingerprint density at radius 3 is 2.73 bits per heavy atom. The van der Waals surface area contributed by atoms with Gasteiger partial charge in [-0.2, -0.15) is 5.10 Å². The molecule has 1 fully saturated rings. The number of aromatic nitrogens is 3. The third-order valence-electron chi connectivity index (χ3n) is 4.71. The Kier molecular flexibility index (Phi) is 5.86. The highest BCUT2D eigenvalue weighted by Crippen LogP contribution is 2.26. The van der Waals surface area contributed by atoms with Crippen LogP contribution in [0.2, 0.25) is 5.02 Å². The van der Waals surface area contributed by atoms with Gasteiger partial charge in [0, 0.05) is 18.7 Å². The van der Waals surface area contributed by atoms with Gasteiger partial charge in [-0.1, -0.05) is 30.7 Å². The third-order valence-corrected chi connectivity index (χ3v) is 7.27. The Morgan fingerprint density at radius 1 is 1.38 bits per heavy atom. The second-order valence-electron chi connectivity index (χ2n) is 6.66. The lowest BCUT2D eigenvalue weighted by Crippen LogP contribution is -2.38. The fourth-order valence-electron chi connectivity index (χ4n) is 3.35. The van der Waals surface area contributed by atoms with Crippen LogP contribution in [-0.2, 0) is 23.6 Å². The first kappa shape index (κ1) is 19.5. The SMILES string of the molecule is CCCN(Cn1nc(-c2ccccc2Cl)n(C)c1=S)C1CCS(=O)(=O)C1. The van der Waals surface area contributed by atoms with Crippen LogP contribution in [0.1, 0.15) is 19.8 Å². The van der Waals surface area contributed by atoms with Gasteiger partial charge in [-0.15, -0.1) is 0 Å². The Balaban J connectivity index is 1.90. The van der Waals surface area contributed by atoms with Gasteiger partial charge >= 0.3 is 0 Å². The van der Waals surface area contributed by atoms with E-state index < -0.39 is 9.84 Å². The zero-order valence-electron chi connectivity index (χ0n) is 14.9. The van der Waals surface area contributed by atoms with Crippen molar-refractivity contribution >= 4 is 33.7 Å². The van der Waals surface area contributed by atoms with Gasteiger partial charge in [0.15, 0.2) is 20.4 Å². The minimum absolute atomic E-state index is 0.0209. The lowest BCUT2D eigenvalue weighted by molar-refractivity contribution is 0.155. The van der Waals surface area contributed by atoms with E-state index in [4.69, 9.17) is 23.8 Å². The molecule has 1 aliphatic rings. The Labute approximate surface area is 164 Å². The summed E-state index contributed by atoms with van der Waals surface area (Å²) in [5.74, 6) is 1.18. The average Bonchev–Trinajstić information content (AvgIpc) is 3.09. The predicted octanol–water partition coefficient (Wildman–Crippen LogP) is 3.13. The molecule has 0 radical (unpaired) electrons. The number of rotatable bonds is 6. The number of sulfone groups is 1. The maximum absolute atomic E-state index is 11.9. The largest absolute Gasteiger partial charge is 0.303 e. The summed E-state index contributed by atoms with van der Waals surface area (Å²) in [5, 5.41) is 5.29. The highest BCUT2D eigenvalue weighted by Gasteiger charge is 2.32. The third kappa shape index (κ3) is 4.03. The van der Waals surface area contributed by atoms with Gasteiger partial charge in [0.05, 0.1) is 23.2 Å². The number of nitrogens with zero attached hydrogens (tertiary/aromatic N) is 4. The summed E-state index contributed by atoms with van der Waals surface area (Å²) >= 11 is 11.9. The van der Waals surface area contributed by atoms with Crippen LogP contribution in [0.15, 0.2) is 24.3 Å². The first-order chi connectivity index (χ1) is 12.3. The molecule has 9 heteroatoms. The normalized spacial score (nSPS) is 19.3. The second-order valence-corrected chi connectivity index (χ2v) is 9.66. The van der Waals surface area contributed by atoms with Crippen LogP contribution < -0.4 is 0 Å². The van der Waals surface area contributed by atoms with Crippen LogP contribution in [0.4, 0.5) is 0 Å². The number of hydrogen-bond donors (Lipinski definition) is 0. The maximum atomic E-state index is 11.9. The standard InChI is InChI=1S/C17H23ClN4O2S2/c1-3-9-21(13-8-10-26(23,24)11-13)12-22-17(25)20(2)16(19-22)14-6-4-5-7-15(14)18/h4-7,13H,3,8-12H2,1-2H3. The van der Waals surface area contributed by atoms with E-state index in [1.165, 1.54) is 0 Å². The molecule has 142 valence electrons. The highest BCUT2D eigenvalue weighted by molar-refractivity contribution is 7.91. The first-order valence-electron chi connectivity index (χ1n) is 8.65. The van der Waals surface area contributed by atoms with Crippen molar-refractivity contribution in [2.24, 2.45) is 7.05 Å². The van der Waals surface area contributed by atoms with Gasteiger partial charge in [-0.3, -0.25) is 4.90 Å². The van der Waals surface area contributed by atoms with Crippen molar-refractivity contribution in [1.82, 2.24) is 19.2 Å². The van der Waals surface area contributed by atoms with Crippen LogP contribution in [0.5, 0.6) is 0 Å². The fourth-order valence-corrected chi connectivity index (χ4v) is 5.52. The molecule has 0 aliphatic carbocycles. The highest BCUT2D eigenvalue weighted by atomic mass is 35.5. The van der Waals surface area contributed by atoms with Crippen molar-refractivity contribution in [3.05, 3.63) is 34.1 Å².